The van der Waals surface area contributed by atoms with Gasteiger partial charge in [0.2, 0.25) is 5.91 Å². The van der Waals surface area contributed by atoms with Gasteiger partial charge in [-0.2, -0.15) is 5.21 Å². The highest BCUT2D eigenvalue weighted by Gasteiger charge is 2.25. The van der Waals surface area contributed by atoms with Gasteiger partial charge in [0.15, 0.2) is 40.5 Å². The van der Waals surface area contributed by atoms with E-state index >= 15 is 0 Å². The van der Waals surface area contributed by atoms with Crippen LogP contribution >= 0.6 is 0 Å². The number of H-pyrrole nitrogens is 1. The molecule has 8 aromatic rings. The molecule has 0 bridgehead atoms. The smallest absolute Gasteiger partial charge is 0.310 e. The summed E-state index contributed by atoms with van der Waals surface area (Å²) < 4.78 is 10.8. The van der Waals surface area contributed by atoms with Crippen molar-refractivity contribution in [3.63, 3.8) is 0 Å². The van der Waals surface area contributed by atoms with Gasteiger partial charge >= 0.3 is 11.9 Å². The molecule has 9 rings (SSSR count). The number of aliphatic carboxylic acids is 1. The van der Waals surface area contributed by atoms with Gasteiger partial charge in [0, 0.05) is 155 Å². The van der Waals surface area contributed by atoms with Crippen molar-refractivity contribution in [2.75, 3.05) is 46.0 Å². The van der Waals surface area contributed by atoms with E-state index in [0.717, 1.165) is 143 Å². The molecule has 1 fully saturated rings. The van der Waals surface area contributed by atoms with E-state index in [1.54, 1.807) is 0 Å². The van der Waals surface area contributed by atoms with Crippen molar-refractivity contribution in [3.8, 4) is 0 Å². The molecular weight excluding hydrogens is 1820 g/mol. The maximum Gasteiger partial charge on any atom is 0.310 e. The Morgan fingerprint density at radius 1 is 0.317 bits per heavy atom. The van der Waals surface area contributed by atoms with E-state index in [1.807, 2.05) is 164 Å². The number of benzene rings is 7. The number of hydrogen-bond donors (Lipinski definition) is 2. The van der Waals surface area contributed by atoms with Crippen molar-refractivity contribution in [2.24, 2.45) is 11.8 Å². The van der Waals surface area contributed by atoms with Gasteiger partial charge in [-0.25, -0.2) is 0 Å². The normalized spacial score (nSPS) is 11.7. The van der Waals surface area contributed by atoms with Crippen LogP contribution in [0.25, 0.3) is 0 Å². The lowest BCUT2D eigenvalue weighted by atomic mass is 10.0. The Hall–Kier alpha value is -11.5. The average Bonchev–Trinajstić information content (AvgIpc) is 0.926. The van der Waals surface area contributed by atoms with Gasteiger partial charge < -0.3 is 24.4 Å². The number of Topliss-reactive ketones (excluding diaryl/α,β-unsaturated/α-hetero) is 9. The van der Waals surface area contributed by atoms with Gasteiger partial charge in [-0.15, -0.1) is 10.2 Å². The van der Waals surface area contributed by atoms with Crippen LogP contribution in [0.4, 0.5) is 0 Å². The fraction of sp³-hybridized carbons (Fsp3) is 0.545. The minimum atomic E-state index is -1.12. The largest absolute Gasteiger partial charge is 0.481 e. The number of nitrogens with one attached hydrogen (secondary N) is 1. The van der Waals surface area contributed by atoms with Gasteiger partial charge in [0.1, 0.15) is 23.8 Å². The van der Waals surface area contributed by atoms with Crippen molar-refractivity contribution in [1.82, 2.24) is 30.4 Å². The van der Waals surface area contributed by atoms with Gasteiger partial charge in [-0.1, -0.05) is 318 Å². The molecule has 0 radical (unpaired) electrons. The van der Waals surface area contributed by atoms with E-state index in [4.69, 9.17) is 14.6 Å². The first-order chi connectivity index (χ1) is 70.0. The third-order valence-electron chi connectivity index (χ3n) is 25.4. The molecular formula is C123H176N6O16. The van der Waals surface area contributed by atoms with Crippen LogP contribution in [0, 0.1) is 11.8 Å². The molecule has 2 N–H and O–H groups in total. The number of unbranched alkanes of at least 4 members (excludes halogenated alkanes) is 8. The molecule has 2 atom stereocenters. The SMILES string of the molecule is CCCCc1ccc(C(=O)CCC)cc1.CCCCc1ccc(C(=O)CCCC(=O)CC(=O)O)cc1.CCCCc1ccc(C(=O)CCCC(=O)CC)cc1.CCCCc1ccc(C(=O)CCCC(=O)Cc2nn[nH]n2)cc1.CCCCc1ccc(C(=O)CCCC(=O)OCC(C)CC)cc1.CCCCc1ccc(C(=O)CCCCOCC(C)CC)cc1.CCCCc1ccc(C(=O)N2CCN(C(=O)CC)CC2)cc1. The fourth-order valence-electron chi connectivity index (χ4n) is 15.3. The molecule has 1 aliphatic heterocycles. The number of rotatable bonds is 63. The maximum absolute atomic E-state index is 12.5. The number of amides is 2. The number of carboxylic acid groups (broad SMARTS) is 1. The third-order valence-corrected chi connectivity index (χ3v) is 25.4. The number of nitrogens with zero attached hydrogens (tertiary/aromatic N) is 5. The van der Waals surface area contributed by atoms with Gasteiger partial charge in [-0.05, 0) is 198 Å². The van der Waals surface area contributed by atoms with Crippen molar-refractivity contribution in [1.29, 1.82) is 0 Å². The summed E-state index contributed by atoms with van der Waals surface area (Å²) in [5.74, 6) is 1.13. The van der Waals surface area contributed by atoms with Crippen molar-refractivity contribution < 1.29 is 76.9 Å². The molecule has 2 amide bonds. The van der Waals surface area contributed by atoms with Crippen LogP contribution in [0.3, 0.4) is 0 Å². The number of aryl methyl sites for hydroxylation is 7. The maximum atomic E-state index is 12.5. The predicted octanol–water partition coefficient (Wildman–Crippen LogP) is 27.6. The van der Waals surface area contributed by atoms with Crippen molar-refractivity contribution in [3.05, 3.63) is 254 Å². The molecule has 0 aliphatic carbocycles. The number of esters is 1. The number of hydrogen-bond acceptors (Lipinski definition) is 18. The topological polar surface area (TPSA) is 322 Å². The molecule has 145 heavy (non-hydrogen) atoms. The lowest BCUT2D eigenvalue weighted by molar-refractivity contribution is -0.145. The van der Waals surface area contributed by atoms with Crippen LogP contribution in [-0.2, 0) is 89.6 Å². The minimum Gasteiger partial charge on any atom is -0.481 e. The highest BCUT2D eigenvalue weighted by Crippen LogP contribution is 2.22. The number of aromatic nitrogens is 4. The van der Waals surface area contributed by atoms with E-state index in [2.05, 4.69) is 133 Å². The molecule has 2 unspecified atom stereocenters. The second kappa shape index (κ2) is 79.7. The van der Waals surface area contributed by atoms with Gasteiger partial charge in [-0.3, -0.25) is 62.3 Å². The van der Waals surface area contributed by atoms with Crippen LogP contribution in [0.1, 0.15) is 445 Å². The second-order valence-corrected chi connectivity index (χ2v) is 38.1. The lowest BCUT2D eigenvalue weighted by Crippen LogP contribution is -2.50. The summed E-state index contributed by atoms with van der Waals surface area (Å²) in [6, 6.07) is 55.4. The Kier molecular flexibility index (Phi) is 70.2. The number of carbonyl (C=O) groups excluding carboxylic acids is 12. The first-order valence-corrected chi connectivity index (χ1v) is 54.7. The predicted molar refractivity (Wildman–Crippen MR) is 584 cm³/mol. The molecule has 22 heteroatoms. The highest BCUT2D eigenvalue weighted by molar-refractivity contribution is 6.00. The van der Waals surface area contributed by atoms with E-state index in [0.29, 0.717) is 146 Å². The summed E-state index contributed by atoms with van der Waals surface area (Å²) in [6.07, 6.45) is 36.2. The zero-order valence-electron chi connectivity index (χ0n) is 90.7. The molecule has 7 aromatic carbocycles. The standard InChI is InChI=1S/C20H30O3.C20H32O2.C18H26N2O2.C17H22N4O2.C17H22O4.C17H24O2.C14H20O/c1-4-6-8-17-11-13-18(14-12-17)19(21)9-7-10-20(22)23-15-16(3)5-2;1-4-6-9-18-11-13-19(14-12-18)20(21)10-7-8-15-22-16-17(3)5-2;1-3-5-6-15-7-9-16(10-8-15)18(22)20-13-11-19(12-14-20)17(21)4-2;1-2-3-5-13-8-10-14(11-9-13)16(23)7-4-6-15(22)12-17-18-20-21-19-17;1-2-3-5-13-8-10-14(11-9-13)16(19)7-4-6-15(18)12-17(20)21;1-3-5-7-14-10-12-15(13-11-14)17(19)9-6-8-16(18)4-2;1-3-5-7-12-8-10-13(11-9-12)14(15)6-4-2/h11-14,16H,4-10,15H2,1-3H3;11-14,17H,4-10,15-16H2,1-3H3;7-10H,3-6,11-14H2,1-2H3;8-11H,2-7,12H2,1H3,(H,18,19,20,21);8-11H,2-7,12H2,1H3,(H,20,21);10-13H,3-9H2,1-2H3;8-11H,3-7H2,1-2H3. The molecule has 1 aliphatic rings. The van der Waals surface area contributed by atoms with Crippen LogP contribution in [-0.4, -0.2) is 157 Å². The number of aromatic amines is 1. The Bertz CT molecular complexity index is 4950. The van der Waals surface area contributed by atoms with E-state index in [9.17, 15) is 62.3 Å². The van der Waals surface area contributed by atoms with Crippen LogP contribution in [0.5, 0.6) is 0 Å². The number of piperazine rings is 1. The van der Waals surface area contributed by atoms with E-state index in [-0.39, 0.29) is 89.1 Å². The monoisotopic (exact) mass is 1990 g/mol. The van der Waals surface area contributed by atoms with Crippen LogP contribution in [0.15, 0.2) is 170 Å². The van der Waals surface area contributed by atoms with Crippen LogP contribution in [0.2, 0.25) is 0 Å². The Morgan fingerprint density at radius 2 is 0.614 bits per heavy atom. The average molecular weight is 1990 g/mol. The summed E-state index contributed by atoms with van der Waals surface area (Å²) in [5, 5.41) is 21.7. The first kappa shape index (κ1) is 128. The number of ether oxygens (including phenoxy) is 2. The fourth-order valence-corrected chi connectivity index (χ4v) is 15.3. The Balaban J connectivity index is 0.000000436. The zero-order valence-corrected chi connectivity index (χ0v) is 90.7. The first-order valence-electron chi connectivity index (χ1n) is 54.7. The molecule has 794 valence electrons. The number of ketones is 9. The Morgan fingerprint density at radius 3 is 0.910 bits per heavy atom. The summed E-state index contributed by atoms with van der Waals surface area (Å²) in [5.41, 5.74) is 14.3. The number of carbonyl (C=O) groups is 13. The molecule has 22 nitrogen and oxygen atoms in total. The second-order valence-electron chi connectivity index (χ2n) is 38.1. The lowest BCUT2D eigenvalue weighted by Gasteiger charge is -2.34. The summed E-state index contributed by atoms with van der Waals surface area (Å²) in [6.45, 7) is 34.1. The molecule has 1 saturated heterocycles. The molecule has 1 aromatic heterocycles. The number of tetrazole rings is 1. The minimum absolute atomic E-state index is 0.000154. The molecule has 0 spiro atoms. The van der Waals surface area contributed by atoms with Gasteiger partial charge in [0.05, 0.1) is 13.0 Å². The number of carboxylic acids is 1. The van der Waals surface area contributed by atoms with E-state index < -0.39 is 12.4 Å². The van der Waals surface area contributed by atoms with Gasteiger partial charge in [0.25, 0.3) is 5.91 Å². The van der Waals surface area contributed by atoms with Crippen LogP contribution < -0.4 is 0 Å². The van der Waals surface area contributed by atoms with E-state index in [1.165, 1.54) is 110 Å². The third kappa shape index (κ3) is 58.4. The molecule has 0 saturated carbocycles. The summed E-state index contributed by atoms with van der Waals surface area (Å²) >= 11 is 0. The summed E-state index contributed by atoms with van der Waals surface area (Å²) in [4.78, 5) is 156. The molecule has 2 heterocycles. The summed E-state index contributed by atoms with van der Waals surface area (Å²) in [7, 11) is 0. The van der Waals surface area contributed by atoms with Crippen molar-refractivity contribution >= 4 is 75.8 Å². The Labute approximate surface area is 868 Å². The highest BCUT2D eigenvalue weighted by atomic mass is 16.5. The quantitative estimate of drug-likeness (QED) is 0.0155. The van der Waals surface area contributed by atoms with Crippen molar-refractivity contribution in [2.45, 2.75) is 379 Å². The zero-order chi connectivity index (χ0) is 107.